The number of anilines is 3. The molecule has 2 heterocycles. The second-order valence-electron chi connectivity index (χ2n) is 8.54. The fourth-order valence-corrected chi connectivity index (χ4v) is 4.71. The smallest absolute Gasteiger partial charge is 0.165 e. The van der Waals surface area contributed by atoms with Gasteiger partial charge in [-0.05, 0) is 37.6 Å². The minimum Gasteiger partial charge on any atom is -0.381 e. The summed E-state index contributed by atoms with van der Waals surface area (Å²) in [5.74, 6) is 8.40. The molecule has 2 aromatic carbocycles. The Morgan fingerprint density at radius 1 is 1.11 bits per heavy atom. The maximum Gasteiger partial charge on any atom is 0.165 e. The zero-order valence-electron chi connectivity index (χ0n) is 20.8. The second-order valence-corrected chi connectivity index (χ2v) is 8.54. The highest BCUT2D eigenvalue weighted by molar-refractivity contribution is 6.04. The van der Waals surface area contributed by atoms with E-state index in [2.05, 4.69) is 77.8 Å². The first kappa shape index (κ1) is 23.9. The number of nitriles is 1. The summed E-state index contributed by atoms with van der Waals surface area (Å²) in [6.45, 7) is 7.61. The molecule has 2 N–H and O–H groups in total. The van der Waals surface area contributed by atoms with E-state index in [1.165, 1.54) is 0 Å². The molecule has 7 heteroatoms. The second kappa shape index (κ2) is 10.4. The van der Waals surface area contributed by atoms with Crippen LogP contribution in [-0.2, 0) is 7.05 Å². The summed E-state index contributed by atoms with van der Waals surface area (Å²) in [5, 5.41) is 14.1. The van der Waals surface area contributed by atoms with Gasteiger partial charge in [0.05, 0.1) is 18.3 Å². The summed E-state index contributed by atoms with van der Waals surface area (Å²) in [4.78, 5) is 9.57. The monoisotopic (exact) mass is 465 g/mol. The molecule has 0 spiro atoms. The van der Waals surface area contributed by atoms with Crippen LogP contribution in [0.4, 0.5) is 23.0 Å². The van der Waals surface area contributed by atoms with Crippen molar-refractivity contribution in [1.82, 2.24) is 9.78 Å². The Balaban J connectivity index is 1.86. The van der Waals surface area contributed by atoms with Crippen molar-refractivity contribution in [3.8, 4) is 17.9 Å². The predicted octanol–water partition coefficient (Wildman–Crippen LogP) is 5.16. The topological polar surface area (TPSA) is 86.5 Å². The molecule has 1 aromatic heterocycles. The molecule has 0 fully saturated rings. The van der Waals surface area contributed by atoms with E-state index in [4.69, 9.17) is 10.7 Å². The average molecular weight is 466 g/mol. The lowest BCUT2D eigenvalue weighted by Crippen LogP contribution is -2.44. The number of para-hydroxylation sites is 1. The van der Waals surface area contributed by atoms with E-state index >= 15 is 0 Å². The summed E-state index contributed by atoms with van der Waals surface area (Å²) in [6.07, 6.45) is 1.70. The SMILES string of the molecule is CCC#Cc1cccc2c1C(C)N(c1ccccc1)C(CN(CCC)c1c(C#N)c(N)nn1C)=N2. The molecular formula is C28H31N7. The lowest BCUT2D eigenvalue weighted by molar-refractivity contribution is 0.707. The van der Waals surface area contributed by atoms with Gasteiger partial charge in [-0.3, -0.25) is 0 Å². The third-order valence-corrected chi connectivity index (χ3v) is 6.13. The van der Waals surface area contributed by atoms with Crippen LogP contribution in [0.3, 0.4) is 0 Å². The minimum atomic E-state index is 0.0257. The third kappa shape index (κ3) is 4.58. The number of hydrogen-bond donors (Lipinski definition) is 1. The minimum absolute atomic E-state index is 0.0257. The fraction of sp³-hybridized carbons (Fsp3) is 0.321. The Morgan fingerprint density at radius 3 is 2.57 bits per heavy atom. The zero-order valence-corrected chi connectivity index (χ0v) is 20.8. The molecule has 0 saturated heterocycles. The van der Waals surface area contributed by atoms with E-state index < -0.39 is 0 Å². The standard InChI is InChI=1S/C28H31N7/c1-5-7-12-21-13-11-16-24-26(21)20(3)35(22-14-9-8-10-15-22)25(31-24)19-34(17-6-2)28-23(18-29)27(30)32-33(28)4/h8-11,13-16,20H,5-6,17,19H2,1-4H3,(H2,30,32). The van der Waals surface area contributed by atoms with E-state index in [0.717, 1.165) is 47.7 Å². The Bertz CT molecular complexity index is 1340. The van der Waals surface area contributed by atoms with Gasteiger partial charge in [0, 0.05) is 36.8 Å². The zero-order chi connectivity index (χ0) is 24.9. The van der Waals surface area contributed by atoms with Crippen LogP contribution >= 0.6 is 0 Å². The largest absolute Gasteiger partial charge is 0.381 e. The van der Waals surface area contributed by atoms with Gasteiger partial charge in [0.25, 0.3) is 0 Å². The molecule has 1 aliphatic rings. The maximum atomic E-state index is 9.78. The molecule has 35 heavy (non-hydrogen) atoms. The van der Waals surface area contributed by atoms with Crippen LogP contribution in [0, 0.1) is 23.2 Å². The van der Waals surface area contributed by atoms with Crippen molar-refractivity contribution in [1.29, 1.82) is 5.26 Å². The number of amidine groups is 1. The molecule has 4 rings (SSSR count). The number of aliphatic imine (C=N–C) groups is 1. The predicted molar refractivity (Wildman–Crippen MR) is 143 cm³/mol. The Labute approximate surface area is 207 Å². The fourth-order valence-electron chi connectivity index (χ4n) is 4.71. The van der Waals surface area contributed by atoms with Crippen LogP contribution in [0.15, 0.2) is 53.5 Å². The summed E-state index contributed by atoms with van der Waals surface area (Å²) < 4.78 is 1.69. The van der Waals surface area contributed by atoms with Gasteiger partial charge in [0.2, 0.25) is 0 Å². The van der Waals surface area contributed by atoms with Crippen LogP contribution in [0.5, 0.6) is 0 Å². The number of fused-ring (bicyclic) bond motifs is 1. The van der Waals surface area contributed by atoms with Crippen LogP contribution in [0.2, 0.25) is 0 Å². The van der Waals surface area contributed by atoms with E-state index in [1.807, 2.05) is 31.3 Å². The van der Waals surface area contributed by atoms with Gasteiger partial charge in [0.1, 0.15) is 23.3 Å². The number of nitrogens with zero attached hydrogens (tertiary/aromatic N) is 6. The normalized spacial score (nSPS) is 14.4. The summed E-state index contributed by atoms with van der Waals surface area (Å²) >= 11 is 0. The van der Waals surface area contributed by atoms with Gasteiger partial charge in [0.15, 0.2) is 5.82 Å². The molecule has 3 aromatic rings. The van der Waals surface area contributed by atoms with E-state index in [1.54, 1.807) is 4.68 Å². The van der Waals surface area contributed by atoms with E-state index in [-0.39, 0.29) is 11.9 Å². The summed E-state index contributed by atoms with van der Waals surface area (Å²) in [6, 6.07) is 18.7. The van der Waals surface area contributed by atoms with Gasteiger partial charge in [-0.15, -0.1) is 0 Å². The van der Waals surface area contributed by atoms with Gasteiger partial charge >= 0.3 is 0 Å². The molecule has 0 bridgehead atoms. The molecule has 0 aliphatic carbocycles. The van der Waals surface area contributed by atoms with E-state index in [0.29, 0.717) is 17.9 Å². The summed E-state index contributed by atoms with van der Waals surface area (Å²) in [7, 11) is 1.82. The highest BCUT2D eigenvalue weighted by Gasteiger charge is 2.32. The maximum absolute atomic E-state index is 9.78. The first-order valence-electron chi connectivity index (χ1n) is 12.0. The number of hydrogen-bond acceptors (Lipinski definition) is 6. The number of nitrogen functional groups attached to an aromatic ring is 1. The number of aryl methyl sites for hydroxylation is 1. The Morgan fingerprint density at radius 2 is 1.89 bits per heavy atom. The molecule has 1 unspecified atom stereocenters. The molecule has 0 amide bonds. The van der Waals surface area contributed by atoms with Crippen LogP contribution < -0.4 is 15.5 Å². The molecule has 178 valence electrons. The number of benzene rings is 2. The lowest BCUT2D eigenvalue weighted by Gasteiger charge is -2.39. The van der Waals surface area contributed by atoms with Gasteiger partial charge in [-0.2, -0.15) is 10.4 Å². The number of aromatic nitrogens is 2. The highest BCUT2D eigenvalue weighted by Crippen LogP contribution is 2.40. The molecular weight excluding hydrogens is 434 g/mol. The van der Waals surface area contributed by atoms with Gasteiger partial charge in [-0.1, -0.05) is 50.0 Å². The van der Waals surface area contributed by atoms with E-state index in [9.17, 15) is 5.26 Å². The van der Waals surface area contributed by atoms with Crippen molar-refractivity contribution < 1.29 is 0 Å². The van der Waals surface area contributed by atoms with Crippen molar-refractivity contribution in [2.24, 2.45) is 12.0 Å². The molecule has 1 atom stereocenters. The van der Waals surface area contributed by atoms with Crippen LogP contribution in [0.25, 0.3) is 0 Å². The van der Waals surface area contributed by atoms with Gasteiger partial charge < -0.3 is 15.5 Å². The first-order chi connectivity index (χ1) is 17.0. The van der Waals surface area contributed by atoms with Gasteiger partial charge in [-0.25, -0.2) is 9.67 Å². The van der Waals surface area contributed by atoms with Crippen molar-refractivity contribution in [3.05, 3.63) is 65.2 Å². The van der Waals surface area contributed by atoms with Crippen molar-refractivity contribution in [2.45, 2.75) is 39.7 Å². The highest BCUT2D eigenvalue weighted by atomic mass is 15.4. The number of nitrogens with two attached hydrogens (primary N) is 1. The Hall–Kier alpha value is -4.23. The first-order valence-corrected chi connectivity index (χ1v) is 12.0. The van der Waals surface area contributed by atoms with Crippen LogP contribution in [0.1, 0.15) is 56.3 Å². The third-order valence-electron chi connectivity index (χ3n) is 6.13. The van der Waals surface area contributed by atoms with Crippen LogP contribution in [-0.4, -0.2) is 28.7 Å². The number of rotatable bonds is 6. The quantitative estimate of drug-likeness (QED) is 0.508. The molecule has 0 radical (unpaired) electrons. The lowest BCUT2D eigenvalue weighted by atomic mass is 9.95. The average Bonchev–Trinajstić information content (AvgIpc) is 3.15. The van der Waals surface area contributed by atoms with Crippen molar-refractivity contribution in [2.75, 3.05) is 28.6 Å². The summed E-state index contributed by atoms with van der Waals surface area (Å²) in [5.41, 5.74) is 10.6. The molecule has 7 nitrogen and oxygen atoms in total. The molecule has 1 aliphatic heterocycles. The van der Waals surface area contributed by atoms with Crippen molar-refractivity contribution >= 4 is 28.8 Å². The van der Waals surface area contributed by atoms with Crippen molar-refractivity contribution in [3.63, 3.8) is 0 Å². The molecule has 0 saturated carbocycles. The Kier molecular flexibility index (Phi) is 7.08.